The summed E-state index contributed by atoms with van der Waals surface area (Å²) in [6.07, 6.45) is 0. The number of carbonyl (C=O) groups excluding carboxylic acids is 2. The van der Waals surface area contributed by atoms with Gasteiger partial charge in [0.05, 0.1) is 10.6 Å². The number of anilines is 1. The van der Waals surface area contributed by atoms with Gasteiger partial charge in [-0.05, 0) is 37.3 Å². The quantitative estimate of drug-likeness (QED) is 0.300. The second kappa shape index (κ2) is 10.0. The third kappa shape index (κ3) is 6.00. The number of amides is 1. The molecule has 0 atom stereocenters. The van der Waals surface area contributed by atoms with Crippen molar-refractivity contribution in [2.24, 2.45) is 0 Å². The van der Waals surface area contributed by atoms with Crippen molar-refractivity contribution < 1.29 is 24.0 Å². The van der Waals surface area contributed by atoms with Gasteiger partial charge in [0, 0.05) is 11.1 Å². The molecule has 160 valence electrons. The van der Waals surface area contributed by atoms with Crippen molar-refractivity contribution >= 4 is 46.2 Å². The largest absolute Gasteiger partial charge is 0.486 e. The zero-order valence-corrected chi connectivity index (χ0v) is 17.7. The first-order valence-electron chi connectivity index (χ1n) is 8.88. The highest BCUT2D eigenvalue weighted by Crippen LogP contribution is 2.24. The average molecular weight is 462 g/mol. The van der Waals surface area contributed by atoms with E-state index in [4.69, 9.17) is 21.1 Å². The molecule has 1 aromatic heterocycles. The normalized spacial score (nSPS) is 10.4. The minimum absolute atomic E-state index is 0.0177. The lowest BCUT2D eigenvalue weighted by atomic mass is 10.2. The topological polar surface area (TPSA) is 121 Å². The van der Waals surface area contributed by atoms with Crippen molar-refractivity contribution in [2.75, 3.05) is 11.9 Å². The number of esters is 1. The molecule has 0 unspecified atom stereocenters. The monoisotopic (exact) mass is 461 g/mol. The average Bonchev–Trinajstić information content (AvgIpc) is 3.12. The first-order valence-corrected chi connectivity index (χ1v) is 10.1. The highest BCUT2D eigenvalue weighted by molar-refractivity contribution is 7.13. The lowest BCUT2D eigenvalue weighted by Gasteiger charge is -2.06. The van der Waals surface area contributed by atoms with E-state index >= 15 is 0 Å². The summed E-state index contributed by atoms with van der Waals surface area (Å²) >= 11 is 6.93. The van der Waals surface area contributed by atoms with Gasteiger partial charge in [0.2, 0.25) is 0 Å². The van der Waals surface area contributed by atoms with E-state index in [2.05, 4.69) is 10.3 Å². The number of aryl methyl sites for hydroxylation is 1. The van der Waals surface area contributed by atoms with Crippen molar-refractivity contribution in [3.8, 4) is 5.75 Å². The van der Waals surface area contributed by atoms with Crippen LogP contribution in [0.25, 0.3) is 0 Å². The van der Waals surface area contributed by atoms with E-state index in [0.29, 0.717) is 21.5 Å². The summed E-state index contributed by atoms with van der Waals surface area (Å²) in [6, 6.07) is 12.5. The van der Waals surface area contributed by atoms with E-state index < -0.39 is 23.4 Å². The van der Waals surface area contributed by atoms with Gasteiger partial charge in [-0.1, -0.05) is 23.7 Å². The number of hydrogen-bond donors (Lipinski definition) is 1. The van der Waals surface area contributed by atoms with Crippen LogP contribution in [0.15, 0.2) is 48.5 Å². The molecular formula is C20H16ClN3O6S. The van der Waals surface area contributed by atoms with Crippen LogP contribution in [-0.2, 0) is 16.1 Å². The summed E-state index contributed by atoms with van der Waals surface area (Å²) in [5.74, 6) is -0.811. The molecule has 0 radical (unpaired) electrons. The predicted octanol–water partition coefficient (Wildman–Crippen LogP) is 4.39. The SMILES string of the molecule is Cc1nc(COc2ccc(Cl)cc2)sc1C(=O)OCC(=O)Nc1ccccc1[N+](=O)[O-]. The molecule has 0 saturated heterocycles. The van der Waals surface area contributed by atoms with E-state index in [1.165, 1.54) is 18.2 Å². The molecule has 11 heteroatoms. The van der Waals surface area contributed by atoms with Gasteiger partial charge < -0.3 is 14.8 Å². The molecule has 1 amide bonds. The van der Waals surface area contributed by atoms with E-state index in [9.17, 15) is 19.7 Å². The Hall–Kier alpha value is -3.50. The fraction of sp³-hybridized carbons (Fsp3) is 0.150. The van der Waals surface area contributed by atoms with E-state index in [1.807, 2.05) is 0 Å². The molecule has 0 aliphatic rings. The van der Waals surface area contributed by atoms with Crippen LogP contribution in [0.2, 0.25) is 5.02 Å². The number of nitro benzene ring substituents is 1. The fourth-order valence-electron chi connectivity index (χ4n) is 2.50. The van der Waals surface area contributed by atoms with Gasteiger partial charge in [0.1, 0.15) is 27.9 Å². The third-order valence-electron chi connectivity index (χ3n) is 3.91. The van der Waals surface area contributed by atoms with E-state index in [-0.39, 0.29) is 22.9 Å². The van der Waals surface area contributed by atoms with Gasteiger partial charge in [-0.3, -0.25) is 14.9 Å². The number of nitro groups is 1. The maximum absolute atomic E-state index is 12.3. The van der Waals surface area contributed by atoms with Gasteiger partial charge in [-0.25, -0.2) is 9.78 Å². The molecular weight excluding hydrogens is 446 g/mol. The lowest BCUT2D eigenvalue weighted by Crippen LogP contribution is -2.21. The van der Waals surface area contributed by atoms with E-state index in [0.717, 1.165) is 11.3 Å². The van der Waals surface area contributed by atoms with Crippen LogP contribution < -0.4 is 10.1 Å². The van der Waals surface area contributed by atoms with Gasteiger partial charge in [0.15, 0.2) is 6.61 Å². The summed E-state index contributed by atoms with van der Waals surface area (Å²) in [6.45, 7) is 1.20. The highest BCUT2D eigenvalue weighted by Gasteiger charge is 2.20. The summed E-state index contributed by atoms with van der Waals surface area (Å²) in [4.78, 5) is 39.3. The van der Waals surface area contributed by atoms with Crippen molar-refractivity contribution in [3.63, 3.8) is 0 Å². The molecule has 31 heavy (non-hydrogen) atoms. The number of hydrogen-bond acceptors (Lipinski definition) is 8. The Morgan fingerprint density at radius 3 is 2.61 bits per heavy atom. The van der Waals surface area contributed by atoms with Crippen molar-refractivity contribution in [1.82, 2.24) is 4.98 Å². The second-order valence-electron chi connectivity index (χ2n) is 6.16. The minimum Gasteiger partial charge on any atom is -0.486 e. The Kier molecular flexibility index (Phi) is 7.16. The summed E-state index contributed by atoms with van der Waals surface area (Å²) in [5, 5.41) is 14.5. The third-order valence-corrected chi connectivity index (χ3v) is 5.27. The number of nitrogens with zero attached hydrogens (tertiary/aromatic N) is 2. The zero-order chi connectivity index (χ0) is 22.4. The highest BCUT2D eigenvalue weighted by atomic mass is 35.5. The van der Waals surface area contributed by atoms with Gasteiger partial charge in [0.25, 0.3) is 11.6 Å². The Morgan fingerprint density at radius 1 is 1.19 bits per heavy atom. The summed E-state index contributed by atoms with van der Waals surface area (Å²) in [7, 11) is 0. The Bertz CT molecular complexity index is 1120. The van der Waals surface area contributed by atoms with Gasteiger partial charge in [-0.2, -0.15) is 0 Å². The number of halogens is 1. The number of carbonyl (C=O) groups is 2. The number of thiazole rings is 1. The number of benzene rings is 2. The van der Waals surface area contributed by atoms with Crippen LogP contribution in [0.1, 0.15) is 20.4 Å². The smallest absolute Gasteiger partial charge is 0.350 e. The fourth-order valence-corrected chi connectivity index (χ4v) is 3.50. The second-order valence-corrected chi connectivity index (χ2v) is 7.68. The number of aromatic nitrogens is 1. The van der Waals surface area contributed by atoms with Crippen LogP contribution in [0.4, 0.5) is 11.4 Å². The number of ether oxygens (including phenoxy) is 2. The molecule has 2 aromatic carbocycles. The van der Waals surface area contributed by atoms with Crippen LogP contribution in [0.5, 0.6) is 5.75 Å². The van der Waals surface area contributed by atoms with E-state index in [1.54, 1.807) is 37.3 Å². The zero-order valence-electron chi connectivity index (χ0n) is 16.2. The van der Waals surface area contributed by atoms with Crippen LogP contribution in [0, 0.1) is 17.0 Å². The molecule has 0 aliphatic carbocycles. The Morgan fingerprint density at radius 2 is 1.90 bits per heavy atom. The standard InChI is InChI=1S/C20H16ClN3O6S/c1-12-19(31-18(22-12)11-29-14-8-6-13(21)7-9-14)20(26)30-10-17(25)23-15-4-2-3-5-16(15)24(27)28/h2-9H,10-11H2,1H3,(H,23,25). The number of nitrogens with one attached hydrogen (secondary N) is 1. The molecule has 0 saturated carbocycles. The first kappa shape index (κ1) is 22.2. The van der Waals surface area contributed by atoms with Gasteiger partial charge in [-0.15, -0.1) is 11.3 Å². The van der Waals surface area contributed by atoms with Crippen molar-refractivity contribution in [1.29, 1.82) is 0 Å². The minimum atomic E-state index is -0.717. The summed E-state index contributed by atoms with van der Waals surface area (Å²) in [5.41, 5.74) is 0.207. The number of para-hydroxylation sites is 2. The molecule has 1 heterocycles. The van der Waals surface area contributed by atoms with Crippen molar-refractivity contribution in [3.05, 3.63) is 79.2 Å². The molecule has 3 aromatic rings. The van der Waals surface area contributed by atoms with Crippen LogP contribution in [0.3, 0.4) is 0 Å². The van der Waals surface area contributed by atoms with Crippen LogP contribution >= 0.6 is 22.9 Å². The number of rotatable bonds is 8. The molecule has 9 nitrogen and oxygen atoms in total. The summed E-state index contributed by atoms with van der Waals surface area (Å²) < 4.78 is 10.6. The molecule has 3 rings (SSSR count). The molecule has 0 aliphatic heterocycles. The maximum Gasteiger partial charge on any atom is 0.350 e. The van der Waals surface area contributed by atoms with Gasteiger partial charge >= 0.3 is 5.97 Å². The molecule has 0 fully saturated rings. The lowest BCUT2D eigenvalue weighted by molar-refractivity contribution is -0.383. The van der Waals surface area contributed by atoms with Crippen LogP contribution in [-0.4, -0.2) is 28.4 Å². The predicted molar refractivity (Wildman–Crippen MR) is 115 cm³/mol. The molecule has 0 bridgehead atoms. The Balaban J connectivity index is 1.55. The maximum atomic E-state index is 12.3. The Labute approximate surface area is 185 Å². The molecule has 1 N–H and O–H groups in total. The molecule has 0 spiro atoms. The first-order chi connectivity index (χ1) is 14.8. The van der Waals surface area contributed by atoms with Crippen molar-refractivity contribution in [2.45, 2.75) is 13.5 Å².